The predicted molar refractivity (Wildman–Crippen MR) is 84.7 cm³/mol. The number of ether oxygens (including phenoxy) is 1. The monoisotopic (exact) mass is 286 g/mol. The molecule has 3 aliphatic heterocycles. The summed E-state index contributed by atoms with van der Waals surface area (Å²) in [6.45, 7) is 6.96. The molecule has 0 N–H and O–H groups in total. The van der Waals surface area contributed by atoms with Crippen LogP contribution in [0.4, 0.5) is 0 Å². The summed E-state index contributed by atoms with van der Waals surface area (Å²) in [7, 11) is 0. The van der Waals surface area contributed by atoms with Crippen LogP contribution in [0, 0.1) is 0 Å². The smallest absolute Gasteiger partial charge is 0.124 e. The number of para-hydroxylation sites is 1. The van der Waals surface area contributed by atoms with E-state index in [9.17, 15) is 0 Å². The molecule has 0 amide bonds. The minimum Gasteiger partial charge on any atom is -0.491 e. The molecule has 3 heteroatoms. The van der Waals surface area contributed by atoms with Crippen molar-refractivity contribution in [3.63, 3.8) is 0 Å². The van der Waals surface area contributed by atoms with Crippen molar-refractivity contribution in [2.45, 2.75) is 50.7 Å². The van der Waals surface area contributed by atoms with E-state index in [1.807, 2.05) is 0 Å². The summed E-state index contributed by atoms with van der Waals surface area (Å²) in [6.07, 6.45) is 5.41. The Morgan fingerprint density at radius 1 is 1.19 bits per heavy atom. The highest BCUT2D eigenvalue weighted by molar-refractivity contribution is 5.39. The Morgan fingerprint density at radius 2 is 2.10 bits per heavy atom. The molecule has 3 heterocycles. The van der Waals surface area contributed by atoms with Crippen LogP contribution in [-0.4, -0.2) is 48.1 Å². The van der Waals surface area contributed by atoms with Gasteiger partial charge >= 0.3 is 0 Å². The van der Waals surface area contributed by atoms with E-state index in [-0.39, 0.29) is 0 Å². The Morgan fingerprint density at radius 3 is 3.00 bits per heavy atom. The van der Waals surface area contributed by atoms with Gasteiger partial charge in [0.05, 0.1) is 6.04 Å². The van der Waals surface area contributed by atoms with Gasteiger partial charge in [-0.1, -0.05) is 31.5 Å². The molecule has 3 unspecified atom stereocenters. The molecule has 2 saturated heterocycles. The Kier molecular flexibility index (Phi) is 3.64. The Balaban J connectivity index is 1.58. The summed E-state index contributed by atoms with van der Waals surface area (Å²) in [5.41, 5.74) is 1.40. The van der Waals surface area contributed by atoms with E-state index in [0.717, 1.165) is 18.4 Å². The minimum absolute atomic E-state index is 0.468. The van der Waals surface area contributed by atoms with Gasteiger partial charge in [0.15, 0.2) is 0 Å². The van der Waals surface area contributed by atoms with Crippen LogP contribution in [0.3, 0.4) is 0 Å². The Labute approximate surface area is 127 Å². The van der Waals surface area contributed by atoms with Crippen molar-refractivity contribution in [1.29, 1.82) is 0 Å². The second-order valence-electron chi connectivity index (χ2n) is 6.77. The van der Waals surface area contributed by atoms with Gasteiger partial charge in [-0.2, -0.15) is 0 Å². The molecule has 3 atom stereocenters. The molecule has 3 aliphatic rings. The molecule has 1 aromatic carbocycles. The van der Waals surface area contributed by atoms with E-state index >= 15 is 0 Å². The van der Waals surface area contributed by atoms with Crippen LogP contribution in [0.2, 0.25) is 0 Å². The lowest BCUT2D eigenvalue weighted by molar-refractivity contribution is -0.0198. The van der Waals surface area contributed by atoms with Gasteiger partial charge in [0, 0.05) is 30.7 Å². The molecule has 0 spiro atoms. The van der Waals surface area contributed by atoms with Crippen LogP contribution >= 0.6 is 0 Å². The minimum atomic E-state index is 0.468. The average molecular weight is 286 g/mol. The van der Waals surface area contributed by atoms with Crippen LogP contribution in [0.25, 0.3) is 0 Å². The van der Waals surface area contributed by atoms with Crippen molar-refractivity contribution in [3.05, 3.63) is 29.8 Å². The maximum absolute atomic E-state index is 5.94. The van der Waals surface area contributed by atoms with Gasteiger partial charge in [-0.05, 0) is 31.9 Å². The van der Waals surface area contributed by atoms with E-state index in [2.05, 4.69) is 41.0 Å². The molecule has 3 nitrogen and oxygen atoms in total. The largest absolute Gasteiger partial charge is 0.491 e. The molecule has 114 valence electrons. The number of nitrogens with zero attached hydrogens (tertiary/aromatic N) is 2. The van der Waals surface area contributed by atoms with Crippen LogP contribution in [0.15, 0.2) is 24.3 Å². The lowest BCUT2D eigenvalue weighted by Gasteiger charge is -2.50. The first-order valence-corrected chi connectivity index (χ1v) is 8.58. The normalized spacial score (nSPS) is 33.3. The zero-order chi connectivity index (χ0) is 14.2. The molecular formula is C18H26N2O. The molecule has 0 bridgehead atoms. The zero-order valence-corrected chi connectivity index (χ0v) is 13.0. The summed E-state index contributed by atoms with van der Waals surface area (Å²) in [5.74, 6) is 1.10. The van der Waals surface area contributed by atoms with Gasteiger partial charge in [-0.3, -0.25) is 9.80 Å². The second-order valence-corrected chi connectivity index (χ2v) is 6.77. The molecule has 0 saturated carbocycles. The molecule has 0 aliphatic carbocycles. The first kappa shape index (κ1) is 13.6. The van der Waals surface area contributed by atoms with Gasteiger partial charge in [0.2, 0.25) is 0 Å². The predicted octanol–water partition coefficient (Wildman–Crippen LogP) is 3.07. The van der Waals surface area contributed by atoms with Crippen LogP contribution in [0.1, 0.15) is 44.2 Å². The van der Waals surface area contributed by atoms with Crippen molar-refractivity contribution in [3.8, 4) is 5.75 Å². The summed E-state index contributed by atoms with van der Waals surface area (Å²) < 4.78 is 5.94. The lowest BCUT2D eigenvalue weighted by Crippen LogP contribution is -2.60. The van der Waals surface area contributed by atoms with Gasteiger partial charge in [0.25, 0.3) is 0 Å². The summed E-state index contributed by atoms with van der Waals surface area (Å²) in [4.78, 5) is 5.49. The highest BCUT2D eigenvalue weighted by Gasteiger charge is 2.40. The quantitative estimate of drug-likeness (QED) is 0.831. The number of piperidine rings is 1. The van der Waals surface area contributed by atoms with Crippen LogP contribution in [0.5, 0.6) is 5.75 Å². The fourth-order valence-corrected chi connectivity index (χ4v) is 4.44. The van der Waals surface area contributed by atoms with Crippen molar-refractivity contribution >= 4 is 0 Å². The molecule has 1 aromatic rings. The molecule has 4 rings (SSSR count). The van der Waals surface area contributed by atoms with Gasteiger partial charge < -0.3 is 4.74 Å². The number of hydrogen-bond acceptors (Lipinski definition) is 3. The van der Waals surface area contributed by atoms with Crippen LogP contribution in [-0.2, 0) is 0 Å². The summed E-state index contributed by atoms with van der Waals surface area (Å²) >= 11 is 0. The number of rotatable bonds is 2. The fourth-order valence-electron chi connectivity index (χ4n) is 4.44. The fraction of sp³-hybridized carbons (Fsp3) is 0.667. The second kappa shape index (κ2) is 5.62. The third-order valence-electron chi connectivity index (χ3n) is 5.63. The van der Waals surface area contributed by atoms with Gasteiger partial charge in [0.1, 0.15) is 12.4 Å². The number of piperazine rings is 1. The number of benzene rings is 1. The average Bonchev–Trinajstić information content (AvgIpc) is 2.97. The van der Waals surface area contributed by atoms with Crippen molar-refractivity contribution in [2.24, 2.45) is 0 Å². The van der Waals surface area contributed by atoms with Crippen molar-refractivity contribution < 1.29 is 4.74 Å². The number of fused-ring (bicyclic) bond motifs is 2. The van der Waals surface area contributed by atoms with Crippen LogP contribution < -0.4 is 4.74 Å². The summed E-state index contributed by atoms with van der Waals surface area (Å²) in [5, 5.41) is 0. The van der Waals surface area contributed by atoms with Crippen molar-refractivity contribution in [1.82, 2.24) is 9.80 Å². The molecule has 0 radical (unpaired) electrons. The maximum atomic E-state index is 5.94. The first-order valence-electron chi connectivity index (χ1n) is 8.58. The zero-order valence-electron chi connectivity index (χ0n) is 13.0. The SMILES string of the molecule is CCC1CN2CCCCC2CN1C1COc2ccccc21. The van der Waals surface area contributed by atoms with E-state index in [1.54, 1.807) is 0 Å². The van der Waals surface area contributed by atoms with E-state index < -0.39 is 0 Å². The highest BCUT2D eigenvalue weighted by Crippen LogP contribution is 2.39. The standard InChI is InChI=1S/C18H26N2O/c1-2-14-11-19-10-6-5-7-15(19)12-20(14)17-13-21-18-9-4-3-8-16(17)18/h3-4,8-9,14-15,17H,2,5-7,10-13H2,1H3. The third-order valence-corrected chi connectivity index (χ3v) is 5.63. The van der Waals surface area contributed by atoms with E-state index in [0.29, 0.717) is 12.1 Å². The highest BCUT2D eigenvalue weighted by atomic mass is 16.5. The third kappa shape index (κ3) is 2.36. The number of hydrogen-bond donors (Lipinski definition) is 0. The Bertz CT molecular complexity index is 504. The van der Waals surface area contributed by atoms with Gasteiger partial charge in [-0.15, -0.1) is 0 Å². The molecule has 0 aromatic heterocycles. The molecule has 21 heavy (non-hydrogen) atoms. The summed E-state index contributed by atoms with van der Waals surface area (Å²) in [6, 6.07) is 10.5. The molecule has 2 fully saturated rings. The maximum Gasteiger partial charge on any atom is 0.124 e. The lowest BCUT2D eigenvalue weighted by atomic mass is 9.93. The van der Waals surface area contributed by atoms with E-state index in [4.69, 9.17) is 4.74 Å². The van der Waals surface area contributed by atoms with Crippen molar-refractivity contribution in [2.75, 3.05) is 26.2 Å². The van der Waals surface area contributed by atoms with E-state index in [1.165, 1.54) is 50.9 Å². The first-order chi connectivity index (χ1) is 10.4. The molecular weight excluding hydrogens is 260 g/mol. The topological polar surface area (TPSA) is 15.7 Å². The Hall–Kier alpha value is -1.06. The van der Waals surface area contributed by atoms with Gasteiger partial charge in [-0.25, -0.2) is 0 Å².